The molecule has 0 radical (unpaired) electrons. The number of aromatic nitrogens is 2. The van der Waals surface area contributed by atoms with E-state index >= 15 is 0 Å². The van der Waals surface area contributed by atoms with Crippen molar-refractivity contribution in [3.8, 4) is 0 Å². The predicted molar refractivity (Wildman–Crippen MR) is 141 cm³/mol. The van der Waals surface area contributed by atoms with Crippen LogP contribution in [0, 0.1) is 0 Å². The van der Waals surface area contributed by atoms with E-state index in [1.807, 2.05) is 63.2 Å². The molecule has 9 nitrogen and oxygen atoms in total. The summed E-state index contributed by atoms with van der Waals surface area (Å²) < 4.78 is 0. The summed E-state index contributed by atoms with van der Waals surface area (Å²) in [5.74, 6) is 0.662. The van der Waals surface area contributed by atoms with Crippen molar-refractivity contribution in [2.75, 3.05) is 26.0 Å². The Morgan fingerprint density at radius 3 is 2.67 bits per heavy atom. The normalized spacial score (nSPS) is 21.5. The third-order valence-corrected chi connectivity index (χ3v) is 7.31. The van der Waals surface area contributed by atoms with Gasteiger partial charge in [0.25, 0.3) is 0 Å². The molecule has 3 atom stereocenters. The van der Waals surface area contributed by atoms with Crippen LogP contribution in [0.1, 0.15) is 62.4 Å². The molecule has 4 rings (SSSR count). The first-order valence-corrected chi connectivity index (χ1v) is 12.7. The number of carbonyl (C=O) groups excluding carboxylic acids is 2. The Labute approximate surface area is 213 Å². The highest BCUT2D eigenvalue weighted by Gasteiger charge is 2.44. The molecule has 3 amide bonds. The van der Waals surface area contributed by atoms with Gasteiger partial charge >= 0.3 is 6.03 Å². The lowest BCUT2D eigenvalue weighted by molar-refractivity contribution is -0.117. The first-order valence-electron chi connectivity index (χ1n) is 12.7. The number of nitrogens with one attached hydrogen (secondary N) is 4. The Kier molecular flexibility index (Phi) is 7.68. The summed E-state index contributed by atoms with van der Waals surface area (Å²) in [6, 6.07) is 10.2. The highest BCUT2D eigenvalue weighted by Crippen LogP contribution is 2.41. The molecule has 1 aromatic heterocycles. The molecule has 2 aromatic rings. The van der Waals surface area contributed by atoms with Crippen molar-refractivity contribution >= 4 is 17.8 Å². The summed E-state index contributed by atoms with van der Waals surface area (Å²) in [4.78, 5) is 29.3. The van der Waals surface area contributed by atoms with Gasteiger partial charge in [-0.15, -0.1) is 0 Å². The Bertz CT molecular complexity index is 1080. The highest BCUT2D eigenvalue weighted by atomic mass is 16.2. The topological polar surface area (TPSA) is 105 Å². The van der Waals surface area contributed by atoms with Gasteiger partial charge in [-0.2, -0.15) is 5.10 Å². The van der Waals surface area contributed by atoms with Crippen LogP contribution in [0.3, 0.4) is 0 Å². The zero-order valence-electron chi connectivity index (χ0n) is 21.8. The van der Waals surface area contributed by atoms with Gasteiger partial charge in [-0.1, -0.05) is 36.9 Å². The molecule has 0 saturated heterocycles. The van der Waals surface area contributed by atoms with E-state index in [0.717, 1.165) is 48.3 Å². The molecule has 1 aliphatic carbocycles. The molecule has 1 aromatic carbocycles. The van der Waals surface area contributed by atoms with E-state index in [-0.39, 0.29) is 30.1 Å². The molecule has 194 valence electrons. The van der Waals surface area contributed by atoms with E-state index in [1.54, 1.807) is 0 Å². The van der Waals surface area contributed by atoms with Gasteiger partial charge in [-0.05, 0) is 65.3 Å². The van der Waals surface area contributed by atoms with Crippen LogP contribution in [0.15, 0.2) is 43.0 Å². The van der Waals surface area contributed by atoms with Crippen LogP contribution >= 0.6 is 0 Å². The largest absolute Gasteiger partial charge is 0.366 e. The van der Waals surface area contributed by atoms with E-state index in [9.17, 15) is 9.59 Å². The molecule has 2 heterocycles. The lowest BCUT2D eigenvalue weighted by Gasteiger charge is -2.34. The standard InChI is InChI=1S/C27H39N7O2/c1-6-23(35)28-19-13-10-14-20(15-19)29-25-21-16-34(27(2,3)24(21)31-32-25)26(36)30-22(17-33(4)5)18-11-8-7-9-12-18/h6-9,11-12,19-20,22H,1,10,13-17H2,2-5H3,(H,28,35)(H,30,36)(H2,29,31,32)/t19-,20-,22?/m1/s1. The SMILES string of the molecule is C=CC(=O)N[C@@H]1CCC[C@@H](Nc2n[nH]c3c2CN(C(=O)NC(CN(C)C)c2ccccc2)C3(C)C)C1. The fourth-order valence-electron chi connectivity index (χ4n) is 5.38. The minimum Gasteiger partial charge on any atom is -0.366 e. The average Bonchev–Trinajstić information content (AvgIpc) is 3.36. The zero-order valence-corrected chi connectivity index (χ0v) is 21.8. The fourth-order valence-corrected chi connectivity index (χ4v) is 5.38. The van der Waals surface area contributed by atoms with Crippen LogP contribution in [-0.4, -0.2) is 64.7 Å². The minimum absolute atomic E-state index is 0.101. The Hall–Kier alpha value is -3.33. The molecule has 2 aliphatic rings. The molecule has 36 heavy (non-hydrogen) atoms. The molecule has 1 fully saturated rings. The van der Waals surface area contributed by atoms with E-state index in [4.69, 9.17) is 0 Å². The summed E-state index contributed by atoms with van der Waals surface area (Å²) in [6.07, 6.45) is 5.16. The third-order valence-electron chi connectivity index (χ3n) is 7.31. The molecule has 0 bridgehead atoms. The van der Waals surface area contributed by atoms with Gasteiger partial charge in [-0.25, -0.2) is 4.79 Å². The number of hydrogen-bond acceptors (Lipinski definition) is 5. The number of urea groups is 1. The van der Waals surface area contributed by atoms with E-state index < -0.39 is 5.54 Å². The van der Waals surface area contributed by atoms with Gasteiger partial charge in [0.1, 0.15) is 0 Å². The van der Waals surface area contributed by atoms with Crippen molar-refractivity contribution in [3.05, 3.63) is 59.8 Å². The number of carbonyl (C=O) groups is 2. The Morgan fingerprint density at radius 1 is 1.25 bits per heavy atom. The van der Waals surface area contributed by atoms with Crippen LogP contribution in [0.5, 0.6) is 0 Å². The van der Waals surface area contributed by atoms with Gasteiger partial charge in [0.15, 0.2) is 5.82 Å². The Morgan fingerprint density at radius 2 is 1.97 bits per heavy atom. The number of fused-ring (bicyclic) bond motifs is 1. The fraction of sp³-hybridized carbons (Fsp3) is 0.519. The number of likely N-dealkylation sites (N-methyl/N-ethyl adjacent to an activating group) is 1. The molecule has 1 saturated carbocycles. The van der Waals surface area contributed by atoms with Crippen LogP contribution in [0.2, 0.25) is 0 Å². The maximum absolute atomic E-state index is 13.6. The van der Waals surface area contributed by atoms with Gasteiger partial charge in [0, 0.05) is 24.2 Å². The number of aromatic amines is 1. The van der Waals surface area contributed by atoms with E-state index in [0.29, 0.717) is 13.1 Å². The second kappa shape index (κ2) is 10.7. The van der Waals surface area contributed by atoms with Gasteiger partial charge in [-0.3, -0.25) is 9.89 Å². The molecule has 1 unspecified atom stereocenters. The van der Waals surface area contributed by atoms with Crippen LogP contribution in [0.25, 0.3) is 0 Å². The van der Waals surface area contributed by atoms with Crippen LogP contribution < -0.4 is 16.0 Å². The van der Waals surface area contributed by atoms with Gasteiger partial charge < -0.3 is 25.8 Å². The number of benzene rings is 1. The summed E-state index contributed by atoms with van der Waals surface area (Å²) in [6.45, 7) is 8.82. The summed E-state index contributed by atoms with van der Waals surface area (Å²) in [5, 5.41) is 17.6. The molecule has 9 heteroatoms. The van der Waals surface area contributed by atoms with Crippen LogP contribution in [0.4, 0.5) is 10.6 Å². The number of hydrogen-bond donors (Lipinski definition) is 4. The van der Waals surface area contributed by atoms with Crippen molar-refractivity contribution in [1.82, 2.24) is 30.6 Å². The van der Waals surface area contributed by atoms with Gasteiger partial charge in [0.05, 0.1) is 23.8 Å². The number of anilines is 1. The Balaban J connectivity index is 1.46. The molecule has 0 spiro atoms. The van der Waals surface area contributed by atoms with Crippen molar-refractivity contribution in [1.29, 1.82) is 0 Å². The first kappa shape index (κ1) is 25.8. The maximum Gasteiger partial charge on any atom is 0.319 e. The first-order chi connectivity index (χ1) is 17.2. The molecular formula is C27H39N7O2. The number of nitrogens with zero attached hydrogens (tertiary/aromatic N) is 3. The number of amides is 3. The quantitative estimate of drug-likeness (QED) is 0.421. The van der Waals surface area contributed by atoms with Crippen molar-refractivity contribution in [2.24, 2.45) is 0 Å². The summed E-state index contributed by atoms with van der Waals surface area (Å²) in [7, 11) is 4.02. The van der Waals surface area contributed by atoms with E-state index in [1.165, 1.54) is 6.08 Å². The smallest absolute Gasteiger partial charge is 0.319 e. The average molecular weight is 494 g/mol. The van der Waals surface area contributed by atoms with E-state index in [2.05, 4.69) is 37.6 Å². The molecule has 1 aliphatic heterocycles. The maximum atomic E-state index is 13.6. The predicted octanol–water partition coefficient (Wildman–Crippen LogP) is 3.50. The second-order valence-electron chi connectivity index (χ2n) is 10.7. The van der Waals surface area contributed by atoms with Crippen molar-refractivity contribution in [2.45, 2.75) is 69.7 Å². The van der Waals surface area contributed by atoms with Crippen LogP contribution in [-0.2, 0) is 16.9 Å². The lowest BCUT2D eigenvalue weighted by atomic mass is 9.90. The highest BCUT2D eigenvalue weighted by molar-refractivity contribution is 5.87. The molecule has 4 N–H and O–H groups in total. The summed E-state index contributed by atoms with van der Waals surface area (Å²) >= 11 is 0. The number of H-pyrrole nitrogens is 1. The second-order valence-corrected chi connectivity index (χ2v) is 10.7. The van der Waals surface area contributed by atoms with Crippen molar-refractivity contribution in [3.63, 3.8) is 0 Å². The summed E-state index contributed by atoms with van der Waals surface area (Å²) in [5.41, 5.74) is 2.53. The number of rotatable bonds is 8. The zero-order chi connectivity index (χ0) is 25.9. The van der Waals surface area contributed by atoms with Gasteiger partial charge in [0.2, 0.25) is 5.91 Å². The molecular weight excluding hydrogens is 454 g/mol. The monoisotopic (exact) mass is 493 g/mol. The third kappa shape index (κ3) is 5.56. The lowest BCUT2D eigenvalue weighted by Crippen LogP contribution is -2.48. The minimum atomic E-state index is -0.529. The van der Waals surface area contributed by atoms with Crippen molar-refractivity contribution < 1.29 is 9.59 Å².